The van der Waals surface area contributed by atoms with Crippen LogP contribution in [-0.4, -0.2) is 26.2 Å². The van der Waals surface area contributed by atoms with E-state index in [4.69, 9.17) is 12.2 Å². The molecule has 0 unspecified atom stereocenters. The largest absolute Gasteiger partial charge is 0.508 e. The van der Waals surface area contributed by atoms with Gasteiger partial charge >= 0.3 is 0 Å². The lowest BCUT2D eigenvalue weighted by Crippen LogP contribution is -1.95. The summed E-state index contributed by atoms with van der Waals surface area (Å²) in [5.74, 6) is 0.876. The molecule has 0 aliphatic rings. The number of hydrogen-bond donors (Lipinski definition) is 2. The van der Waals surface area contributed by atoms with Crippen LogP contribution in [0.5, 0.6) is 5.75 Å². The lowest BCUT2D eigenvalue weighted by molar-refractivity contribution is 0.475. The van der Waals surface area contributed by atoms with E-state index in [1.807, 2.05) is 31.2 Å². The SMILES string of the molecule is Cc1cccc(-c2n[nH]c(=S)n2/N=C/c2ccc(O)cc2)c1. The number of H-pyrrole nitrogens is 1. The Hall–Kier alpha value is -2.73. The number of phenols is 1. The van der Waals surface area contributed by atoms with Crippen LogP contribution >= 0.6 is 12.2 Å². The predicted molar refractivity (Wildman–Crippen MR) is 88.7 cm³/mol. The summed E-state index contributed by atoms with van der Waals surface area (Å²) in [6.45, 7) is 2.02. The minimum Gasteiger partial charge on any atom is -0.508 e. The monoisotopic (exact) mass is 310 g/mol. The molecule has 110 valence electrons. The first-order valence-corrected chi connectivity index (χ1v) is 7.12. The molecule has 6 heteroatoms. The van der Waals surface area contributed by atoms with Gasteiger partial charge in [-0.25, -0.2) is 5.10 Å². The minimum atomic E-state index is 0.220. The van der Waals surface area contributed by atoms with Crippen LogP contribution < -0.4 is 0 Å². The molecule has 0 fully saturated rings. The van der Waals surface area contributed by atoms with E-state index >= 15 is 0 Å². The van der Waals surface area contributed by atoms with Crippen LogP contribution in [0.4, 0.5) is 0 Å². The third-order valence-corrected chi connectivity index (χ3v) is 3.41. The fraction of sp³-hybridized carbons (Fsp3) is 0.0625. The second-order valence-corrected chi connectivity index (χ2v) is 5.26. The molecule has 0 aliphatic carbocycles. The van der Waals surface area contributed by atoms with Crippen molar-refractivity contribution in [3.8, 4) is 17.1 Å². The van der Waals surface area contributed by atoms with E-state index < -0.39 is 0 Å². The van der Waals surface area contributed by atoms with E-state index in [0.717, 1.165) is 16.7 Å². The number of aromatic hydroxyl groups is 1. The summed E-state index contributed by atoms with van der Waals surface area (Å²) in [4.78, 5) is 0. The molecule has 0 bridgehead atoms. The fourth-order valence-corrected chi connectivity index (χ4v) is 2.23. The molecule has 2 aromatic carbocycles. The van der Waals surface area contributed by atoms with Crippen LogP contribution in [-0.2, 0) is 0 Å². The van der Waals surface area contributed by atoms with E-state index in [1.165, 1.54) is 0 Å². The molecule has 0 spiro atoms. The highest BCUT2D eigenvalue weighted by Crippen LogP contribution is 2.18. The van der Waals surface area contributed by atoms with Gasteiger partial charge in [0.1, 0.15) is 5.75 Å². The topological polar surface area (TPSA) is 66.2 Å². The predicted octanol–water partition coefficient (Wildman–Crippen LogP) is 3.50. The van der Waals surface area contributed by atoms with Gasteiger partial charge in [-0.1, -0.05) is 23.8 Å². The molecule has 0 saturated heterocycles. The number of benzene rings is 2. The summed E-state index contributed by atoms with van der Waals surface area (Å²) in [6.07, 6.45) is 1.67. The summed E-state index contributed by atoms with van der Waals surface area (Å²) >= 11 is 5.23. The zero-order valence-corrected chi connectivity index (χ0v) is 12.7. The molecule has 3 rings (SSSR count). The molecule has 1 heterocycles. The van der Waals surface area contributed by atoms with Gasteiger partial charge < -0.3 is 5.11 Å². The molecule has 0 amide bonds. The number of aromatic amines is 1. The fourth-order valence-electron chi connectivity index (χ4n) is 2.05. The van der Waals surface area contributed by atoms with E-state index in [0.29, 0.717) is 10.6 Å². The Morgan fingerprint density at radius 1 is 1.23 bits per heavy atom. The third-order valence-electron chi connectivity index (χ3n) is 3.14. The highest BCUT2D eigenvalue weighted by atomic mass is 32.1. The highest BCUT2D eigenvalue weighted by molar-refractivity contribution is 7.71. The molecule has 3 aromatic rings. The quantitative estimate of drug-likeness (QED) is 0.575. The summed E-state index contributed by atoms with van der Waals surface area (Å²) in [5, 5.41) is 20.7. The number of phenolic OH excluding ortho intramolecular Hbond substituents is 1. The zero-order valence-electron chi connectivity index (χ0n) is 11.9. The van der Waals surface area contributed by atoms with Crippen molar-refractivity contribution in [3.63, 3.8) is 0 Å². The molecule has 2 N–H and O–H groups in total. The number of rotatable bonds is 3. The molecule has 0 radical (unpaired) electrons. The van der Waals surface area contributed by atoms with Crippen molar-refractivity contribution in [1.82, 2.24) is 14.9 Å². The smallest absolute Gasteiger partial charge is 0.216 e. The van der Waals surface area contributed by atoms with E-state index in [-0.39, 0.29) is 5.75 Å². The van der Waals surface area contributed by atoms with Crippen LogP contribution in [0.2, 0.25) is 0 Å². The van der Waals surface area contributed by atoms with Gasteiger partial charge in [0.05, 0.1) is 6.21 Å². The van der Waals surface area contributed by atoms with Crippen molar-refractivity contribution in [2.45, 2.75) is 6.92 Å². The number of aryl methyl sites for hydroxylation is 1. The zero-order chi connectivity index (χ0) is 15.5. The van der Waals surface area contributed by atoms with Crippen LogP contribution in [0.3, 0.4) is 0 Å². The average molecular weight is 310 g/mol. The first-order chi connectivity index (χ1) is 10.6. The number of hydrogen-bond acceptors (Lipinski definition) is 4. The van der Waals surface area contributed by atoms with Crippen molar-refractivity contribution < 1.29 is 5.11 Å². The Balaban J connectivity index is 1.99. The van der Waals surface area contributed by atoms with Crippen LogP contribution in [0, 0.1) is 11.7 Å². The number of nitrogens with one attached hydrogen (secondary N) is 1. The lowest BCUT2D eigenvalue weighted by Gasteiger charge is -2.02. The first-order valence-electron chi connectivity index (χ1n) is 6.71. The summed E-state index contributed by atoms with van der Waals surface area (Å²) in [5.41, 5.74) is 2.94. The second-order valence-electron chi connectivity index (χ2n) is 4.87. The van der Waals surface area contributed by atoms with Crippen molar-refractivity contribution in [3.05, 3.63) is 64.4 Å². The molecule has 0 saturated carbocycles. The Bertz CT molecular complexity index is 878. The molecule has 0 atom stereocenters. The van der Waals surface area contributed by atoms with E-state index in [9.17, 15) is 5.11 Å². The third kappa shape index (κ3) is 2.96. The van der Waals surface area contributed by atoms with Crippen molar-refractivity contribution >= 4 is 18.4 Å². The van der Waals surface area contributed by atoms with Gasteiger partial charge in [-0.15, -0.1) is 0 Å². The molecular formula is C16H14N4OS. The normalized spacial score (nSPS) is 11.1. The van der Waals surface area contributed by atoms with Gasteiger partial charge in [-0.3, -0.25) is 0 Å². The molecular weight excluding hydrogens is 296 g/mol. The van der Waals surface area contributed by atoms with Gasteiger partial charge in [0, 0.05) is 5.56 Å². The van der Waals surface area contributed by atoms with Gasteiger partial charge in [0.2, 0.25) is 4.77 Å². The van der Waals surface area contributed by atoms with Crippen molar-refractivity contribution in [2.24, 2.45) is 5.10 Å². The van der Waals surface area contributed by atoms with Gasteiger partial charge in [-0.05, 0) is 55.0 Å². The highest BCUT2D eigenvalue weighted by Gasteiger charge is 2.07. The van der Waals surface area contributed by atoms with Gasteiger partial charge in [0.25, 0.3) is 0 Å². The first kappa shape index (κ1) is 14.2. The number of aromatic nitrogens is 3. The standard InChI is InChI=1S/C16H14N4OS/c1-11-3-2-4-13(9-11)15-18-19-16(22)20(15)17-10-12-5-7-14(21)8-6-12/h2-10,21H,1H3,(H,19,22)/b17-10+. The second kappa shape index (κ2) is 5.95. The van der Waals surface area contributed by atoms with Crippen molar-refractivity contribution in [2.75, 3.05) is 0 Å². The van der Waals surface area contributed by atoms with E-state index in [1.54, 1.807) is 35.2 Å². The van der Waals surface area contributed by atoms with Crippen LogP contribution in [0.25, 0.3) is 11.4 Å². The van der Waals surface area contributed by atoms with Gasteiger partial charge in [0.15, 0.2) is 5.82 Å². The van der Waals surface area contributed by atoms with Crippen LogP contribution in [0.1, 0.15) is 11.1 Å². The maximum absolute atomic E-state index is 9.29. The average Bonchev–Trinajstić information content (AvgIpc) is 2.88. The lowest BCUT2D eigenvalue weighted by atomic mass is 10.1. The van der Waals surface area contributed by atoms with Crippen molar-refractivity contribution in [1.29, 1.82) is 0 Å². The Kier molecular flexibility index (Phi) is 3.84. The summed E-state index contributed by atoms with van der Waals surface area (Å²) in [6, 6.07) is 14.7. The Morgan fingerprint density at radius 3 is 2.73 bits per heavy atom. The summed E-state index contributed by atoms with van der Waals surface area (Å²) in [7, 11) is 0. The maximum Gasteiger partial charge on any atom is 0.216 e. The van der Waals surface area contributed by atoms with Crippen LogP contribution in [0.15, 0.2) is 53.6 Å². The minimum absolute atomic E-state index is 0.220. The number of nitrogens with zero attached hydrogens (tertiary/aromatic N) is 3. The Labute approximate surface area is 132 Å². The molecule has 0 aliphatic heterocycles. The summed E-state index contributed by atoms with van der Waals surface area (Å²) < 4.78 is 2.00. The van der Waals surface area contributed by atoms with E-state index in [2.05, 4.69) is 15.3 Å². The molecule has 1 aromatic heterocycles. The Morgan fingerprint density at radius 2 is 2.00 bits per heavy atom. The molecule has 5 nitrogen and oxygen atoms in total. The van der Waals surface area contributed by atoms with Gasteiger partial charge in [-0.2, -0.15) is 14.9 Å². The molecule has 22 heavy (non-hydrogen) atoms. The maximum atomic E-state index is 9.29.